The lowest BCUT2D eigenvalue weighted by molar-refractivity contribution is -0.136. The second-order valence-electron chi connectivity index (χ2n) is 8.04. The molecule has 4 atom stereocenters. The van der Waals surface area contributed by atoms with Crippen molar-refractivity contribution in [3.05, 3.63) is 65.6 Å². The molecular formula is C22H22N2O4. The summed E-state index contributed by atoms with van der Waals surface area (Å²) >= 11 is 0. The van der Waals surface area contributed by atoms with Gasteiger partial charge in [0, 0.05) is 5.69 Å². The third kappa shape index (κ3) is 2.59. The van der Waals surface area contributed by atoms with Crippen molar-refractivity contribution >= 4 is 17.5 Å². The number of carbonyl (C=O) groups excluding carboxylic acids is 2. The van der Waals surface area contributed by atoms with Crippen LogP contribution >= 0.6 is 0 Å². The number of nitrogens with zero attached hydrogens (tertiary/aromatic N) is 1. The van der Waals surface area contributed by atoms with Gasteiger partial charge in [-0.2, -0.15) is 0 Å². The van der Waals surface area contributed by atoms with Crippen molar-refractivity contribution in [1.29, 1.82) is 0 Å². The molecule has 1 aromatic carbocycles. The molecular weight excluding hydrogens is 356 g/mol. The van der Waals surface area contributed by atoms with E-state index in [-0.39, 0.29) is 17.9 Å². The molecule has 2 fully saturated rings. The number of hydrogen-bond donors (Lipinski definition) is 1. The first-order valence-electron chi connectivity index (χ1n) is 9.53. The maximum atomic E-state index is 13.2. The first kappa shape index (κ1) is 17.3. The van der Waals surface area contributed by atoms with E-state index in [1.54, 1.807) is 17.2 Å². The summed E-state index contributed by atoms with van der Waals surface area (Å²) in [6, 6.07) is 9.57. The molecule has 5 rings (SSSR count). The van der Waals surface area contributed by atoms with Crippen molar-refractivity contribution in [2.45, 2.75) is 32.1 Å². The number of rotatable bonds is 4. The lowest BCUT2D eigenvalue weighted by atomic mass is 9.76. The Morgan fingerprint density at radius 2 is 2.07 bits per heavy atom. The number of likely N-dealkylation sites (tertiary alicyclic amines) is 1. The standard InChI is InChI=1S/C22H22N2O4/c1-13-8-14(2)10-15(9-13)23-20(25)18-17-5-6-22(28-17)12-24(21(26)19(18)22)11-16-4-3-7-27-16/h3-10,17-19H,11-12H2,1-2H3,(H,23,25)/t17-,18-,19-,22+/m1/s1. The quantitative estimate of drug-likeness (QED) is 0.831. The van der Waals surface area contributed by atoms with Crippen LogP contribution in [0.4, 0.5) is 5.69 Å². The topological polar surface area (TPSA) is 71.8 Å². The van der Waals surface area contributed by atoms with Gasteiger partial charge in [0.25, 0.3) is 0 Å². The van der Waals surface area contributed by atoms with E-state index in [1.807, 2.05) is 44.2 Å². The number of nitrogens with one attached hydrogen (secondary N) is 1. The van der Waals surface area contributed by atoms with Crippen molar-refractivity contribution in [2.75, 3.05) is 11.9 Å². The van der Waals surface area contributed by atoms with Gasteiger partial charge in [-0.1, -0.05) is 18.2 Å². The number of hydrogen-bond acceptors (Lipinski definition) is 4. The Morgan fingerprint density at radius 1 is 1.29 bits per heavy atom. The van der Waals surface area contributed by atoms with Crippen molar-refractivity contribution in [2.24, 2.45) is 11.8 Å². The minimum atomic E-state index is -0.709. The highest BCUT2D eigenvalue weighted by Crippen LogP contribution is 2.52. The van der Waals surface area contributed by atoms with Gasteiger partial charge in [0.1, 0.15) is 11.4 Å². The summed E-state index contributed by atoms with van der Waals surface area (Å²) in [7, 11) is 0. The highest BCUT2D eigenvalue weighted by Gasteiger charge is 2.66. The van der Waals surface area contributed by atoms with Crippen LogP contribution in [0, 0.1) is 25.7 Å². The highest BCUT2D eigenvalue weighted by molar-refractivity contribution is 5.99. The number of carbonyl (C=O) groups is 2. The van der Waals surface area contributed by atoms with Crippen molar-refractivity contribution < 1.29 is 18.7 Å². The predicted octanol–water partition coefficient (Wildman–Crippen LogP) is 2.82. The summed E-state index contributed by atoms with van der Waals surface area (Å²) in [6.07, 6.45) is 5.12. The zero-order chi connectivity index (χ0) is 19.5. The third-order valence-electron chi connectivity index (χ3n) is 5.90. The zero-order valence-corrected chi connectivity index (χ0v) is 15.8. The number of fused-ring (bicyclic) bond motifs is 1. The number of anilines is 1. The van der Waals surface area contributed by atoms with Crippen molar-refractivity contribution in [3.8, 4) is 0 Å². The van der Waals surface area contributed by atoms with Crippen LogP contribution in [0.2, 0.25) is 0 Å². The lowest BCUT2D eigenvalue weighted by Crippen LogP contribution is -2.41. The Kier molecular flexibility index (Phi) is 3.74. The van der Waals surface area contributed by atoms with Gasteiger partial charge in [-0.05, 0) is 49.2 Å². The normalized spacial score (nSPS) is 30.1. The summed E-state index contributed by atoms with van der Waals surface area (Å²) in [5, 5.41) is 3.00. The fourth-order valence-electron chi connectivity index (χ4n) is 4.87. The van der Waals surface area contributed by atoms with Crippen molar-refractivity contribution in [1.82, 2.24) is 4.90 Å². The molecule has 4 heterocycles. The summed E-state index contributed by atoms with van der Waals surface area (Å²) in [5.74, 6) is -0.522. The van der Waals surface area contributed by atoms with E-state index in [0.29, 0.717) is 13.1 Å². The van der Waals surface area contributed by atoms with Gasteiger partial charge in [-0.15, -0.1) is 0 Å². The average molecular weight is 378 g/mol. The van der Waals surface area contributed by atoms with Gasteiger partial charge < -0.3 is 19.4 Å². The van der Waals surface area contributed by atoms with E-state index >= 15 is 0 Å². The van der Waals surface area contributed by atoms with E-state index in [0.717, 1.165) is 22.6 Å². The molecule has 2 aromatic rings. The molecule has 3 aliphatic heterocycles. The number of ether oxygens (including phenoxy) is 1. The number of aryl methyl sites for hydroxylation is 2. The van der Waals surface area contributed by atoms with Gasteiger partial charge in [0.05, 0.1) is 37.3 Å². The van der Waals surface area contributed by atoms with Crippen LogP contribution in [0.15, 0.2) is 53.2 Å². The summed E-state index contributed by atoms with van der Waals surface area (Å²) < 4.78 is 11.5. The molecule has 6 heteroatoms. The maximum Gasteiger partial charge on any atom is 0.231 e. The van der Waals surface area contributed by atoms with E-state index in [1.165, 1.54) is 0 Å². The Bertz CT molecular complexity index is 960. The van der Waals surface area contributed by atoms with Gasteiger partial charge in [0.15, 0.2) is 0 Å². The minimum absolute atomic E-state index is 0.0520. The van der Waals surface area contributed by atoms with Crippen LogP contribution in [0.1, 0.15) is 16.9 Å². The third-order valence-corrected chi connectivity index (χ3v) is 5.90. The molecule has 2 amide bonds. The Hall–Kier alpha value is -2.86. The fraction of sp³-hybridized carbons (Fsp3) is 0.364. The molecule has 0 radical (unpaired) electrons. The van der Waals surface area contributed by atoms with E-state index in [4.69, 9.17) is 9.15 Å². The van der Waals surface area contributed by atoms with Crippen LogP contribution in [0.5, 0.6) is 0 Å². The van der Waals surface area contributed by atoms with Gasteiger partial charge in [-0.3, -0.25) is 9.59 Å². The smallest absolute Gasteiger partial charge is 0.231 e. The Labute approximate surface area is 163 Å². The van der Waals surface area contributed by atoms with E-state index in [2.05, 4.69) is 11.4 Å². The minimum Gasteiger partial charge on any atom is -0.467 e. The van der Waals surface area contributed by atoms with E-state index in [9.17, 15) is 9.59 Å². The van der Waals surface area contributed by atoms with Crippen molar-refractivity contribution in [3.63, 3.8) is 0 Å². The summed E-state index contributed by atoms with van der Waals surface area (Å²) in [4.78, 5) is 28.0. The fourth-order valence-corrected chi connectivity index (χ4v) is 4.87. The second kappa shape index (κ2) is 6.07. The molecule has 6 nitrogen and oxygen atoms in total. The van der Waals surface area contributed by atoms with Gasteiger partial charge in [-0.25, -0.2) is 0 Å². The average Bonchev–Trinajstić information content (AvgIpc) is 3.37. The number of amides is 2. The Morgan fingerprint density at radius 3 is 2.79 bits per heavy atom. The molecule has 1 N–H and O–H groups in total. The molecule has 1 aromatic heterocycles. The summed E-state index contributed by atoms with van der Waals surface area (Å²) in [5.41, 5.74) is 2.20. The first-order chi connectivity index (χ1) is 13.4. The SMILES string of the molecule is Cc1cc(C)cc(NC(=O)[C@@H]2[C@H]3C=C[C@@]4(CN(Cc5ccco5)C(=O)[C@@H]24)O3)c1. The highest BCUT2D eigenvalue weighted by atomic mass is 16.5. The van der Waals surface area contributed by atoms with Crippen LogP contribution in [0.3, 0.4) is 0 Å². The molecule has 1 spiro atoms. The molecule has 0 aliphatic carbocycles. The molecule has 28 heavy (non-hydrogen) atoms. The summed E-state index contributed by atoms with van der Waals surface area (Å²) in [6.45, 7) is 4.82. The predicted molar refractivity (Wildman–Crippen MR) is 102 cm³/mol. The first-order valence-corrected chi connectivity index (χ1v) is 9.53. The lowest BCUT2D eigenvalue weighted by Gasteiger charge is -2.23. The van der Waals surface area contributed by atoms with E-state index < -0.39 is 17.4 Å². The number of benzene rings is 1. The molecule has 0 saturated carbocycles. The van der Waals surface area contributed by atoms with Gasteiger partial charge in [0.2, 0.25) is 11.8 Å². The van der Waals surface area contributed by atoms with Gasteiger partial charge >= 0.3 is 0 Å². The largest absolute Gasteiger partial charge is 0.467 e. The van der Waals surface area contributed by atoms with Crippen LogP contribution in [0.25, 0.3) is 0 Å². The van der Waals surface area contributed by atoms with Crippen LogP contribution in [-0.2, 0) is 20.9 Å². The van der Waals surface area contributed by atoms with Crippen LogP contribution in [-0.4, -0.2) is 35.0 Å². The molecule has 3 aliphatic rings. The molecule has 144 valence electrons. The zero-order valence-electron chi connectivity index (χ0n) is 15.8. The molecule has 2 saturated heterocycles. The molecule has 0 unspecified atom stereocenters. The Balaban J connectivity index is 1.39. The monoisotopic (exact) mass is 378 g/mol. The van der Waals surface area contributed by atoms with Crippen LogP contribution < -0.4 is 5.32 Å². The second-order valence-corrected chi connectivity index (χ2v) is 8.04. The number of furan rings is 1. The maximum absolute atomic E-state index is 13.2. The molecule has 2 bridgehead atoms.